The lowest BCUT2D eigenvalue weighted by Gasteiger charge is -2.25. The fourth-order valence-electron chi connectivity index (χ4n) is 3.25. The Morgan fingerprint density at radius 1 is 0.833 bits per heavy atom. The molecule has 194 valence electrons. The number of carbonyl (C=O) groups is 4. The molecule has 9 nitrogen and oxygen atoms in total. The van der Waals surface area contributed by atoms with Crippen molar-refractivity contribution >= 4 is 23.9 Å². The molecule has 36 heavy (non-hydrogen) atoms. The van der Waals surface area contributed by atoms with Crippen LogP contribution in [0.5, 0.6) is 0 Å². The van der Waals surface area contributed by atoms with Crippen molar-refractivity contribution in [3.8, 4) is 0 Å². The maximum absolute atomic E-state index is 13.1. The van der Waals surface area contributed by atoms with Crippen LogP contribution in [0, 0.1) is 0 Å². The van der Waals surface area contributed by atoms with E-state index in [2.05, 4.69) is 10.6 Å². The van der Waals surface area contributed by atoms with Gasteiger partial charge in [0.2, 0.25) is 5.91 Å². The highest BCUT2D eigenvalue weighted by atomic mass is 16.6. The van der Waals surface area contributed by atoms with E-state index < -0.39 is 41.6 Å². The minimum Gasteiger partial charge on any atom is -0.467 e. The quantitative estimate of drug-likeness (QED) is 0.360. The van der Waals surface area contributed by atoms with Gasteiger partial charge in [-0.15, -0.1) is 0 Å². The maximum Gasteiger partial charge on any atom is 0.408 e. The van der Waals surface area contributed by atoms with Crippen LogP contribution < -0.4 is 10.6 Å². The fraction of sp³-hybridized carbons (Fsp3) is 0.407. The molecule has 2 rings (SSSR count). The van der Waals surface area contributed by atoms with Crippen molar-refractivity contribution in [3.05, 3.63) is 71.8 Å². The van der Waals surface area contributed by atoms with E-state index >= 15 is 0 Å². The Balaban J connectivity index is 2.06. The molecule has 9 heteroatoms. The van der Waals surface area contributed by atoms with Crippen LogP contribution in [0.25, 0.3) is 0 Å². The molecule has 2 N–H and O–H groups in total. The average molecular weight is 499 g/mol. The summed E-state index contributed by atoms with van der Waals surface area (Å²) < 4.78 is 15.4. The number of ether oxygens (including phenoxy) is 3. The number of alkyl carbamates (subject to hydrolysis) is 1. The molecule has 0 heterocycles. The molecule has 0 saturated carbocycles. The third kappa shape index (κ3) is 10.6. The molecule has 1 unspecified atom stereocenters. The van der Waals surface area contributed by atoms with Crippen molar-refractivity contribution in [2.45, 2.75) is 64.3 Å². The van der Waals surface area contributed by atoms with Crippen molar-refractivity contribution in [1.29, 1.82) is 0 Å². The Bertz CT molecular complexity index is 1000. The molecule has 0 aliphatic rings. The molecule has 0 saturated heterocycles. The van der Waals surface area contributed by atoms with E-state index in [9.17, 15) is 19.2 Å². The number of amides is 2. The highest BCUT2D eigenvalue weighted by molar-refractivity contribution is 5.90. The minimum atomic E-state index is -1.15. The monoisotopic (exact) mass is 498 g/mol. The SMILES string of the molecule is COC(=O)C(Cc1ccccc1)NC(=O)[C@H](CCC(=O)OCc1ccccc1)NC(=O)OC(C)(C)C. The predicted molar refractivity (Wildman–Crippen MR) is 133 cm³/mol. The second-order valence-electron chi connectivity index (χ2n) is 9.16. The number of carbonyl (C=O) groups excluding carboxylic acids is 4. The molecular weight excluding hydrogens is 464 g/mol. The van der Waals surface area contributed by atoms with Gasteiger partial charge in [0.1, 0.15) is 24.3 Å². The van der Waals surface area contributed by atoms with E-state index in [1.165, 1.54) is 7.11 Å². The van der Waals surface area contributed by atoms with Gasteiger partial charge in [-0.25, -0.2) is 9.59 Å². The Morgan fingerprint density at radius 2 is 1.42 bits per heavy atom. The zero-order chi connectivity index (χ0) is 26.6. The first-order chi connectivity index (χ1) is 17.1. The van der Waals surface area contributed by atoms with E-state index in [4.69, 9.17) is 14.2 Å². The van der Waals surface area contributed by atoms with Gasteiger partial charge in [0.25, 0.3) is 0 Å². The van der Waals surface area contributed by atoms with Crippen LogP contribution in [-0.4, -0.2) is 48.7 Å². The van der Waals surface area contributed by atoms with Crippen molar-refractivity contribution in [1.82, 2.24) is 10.6 Å². The third-order valence-electron chi connectivity index (χ3n) is 4.97. The van der Waals surface area contributed by atoms with Crippen LogP contribution in [0.3, 0.4) is 0 Å². The summed E-state index contributed by atoms with van der Waals surface area (Å²) in [5.74, 6) is -1.81. The van der Waals surface area contributed by atoms with Gasteiger partial charge in [-0.1, -0.05) is 60.7 Å². The minimum absolute atomic E-state index is 0.0576. The summed E-state index contributed by atoms with van der Waals surface area (Å²) in [5.41, 5.74) is 0.852. The lowest BCUT2D eigenvalue weighted by Crippen LogP contribution is -2.53. The number of hydrogen-bond donors (Lipinski definition) is 2. The second kappa shape index (κ2) is 13.9. The van der Waals surface area contributed by atoms with E-state index in [-0.39, 0.29) is 25.9 Å². The van der Waals surface area contributed by atoms with Gasteiger partial charge >= 0.3 is 18.0 Å². The smallest absolute Gasteiger partial charge is 0.408 e. The summed E-state index contributed by atoms with van der Waals surface area (Å²) in [7, 11) is 1.23. The zero-order valence-corrected chi connectivity index (χ0v) is 21.1. The van der Waals surface area contributed by atoms with Gasteiger partial charge in [0.15, 0.2) is 0 Å². The molecule has 2 aromatic rings. The van der Waals surface area contributed by atoms with Crippen LogP contribution in [0.4, 0.5) is 4.79 Å². The lowest BCUT2D eigenvalue weighted by atomic mass is 10.0. The largest absolute Gasteiger partial charge is 0.467 e. The zero-order valence-electron chi connectivity index (χ0n) is 21.1. The van der Waals surface area contributed by atoms with Crippen LogP contribution in [0.2, 0.25) is 0 Å². The van der Waals surface area contributed by atoms with Gasteiger partial charge in [-0.3, -0.25) is 9.59 Å². The van der Waals surface area contributed by atoms with Gasteiger partial charge < -0.3 is 24.8 Å². The number of nitrogens with one attached hydrogen (secondary N) is 2. The molecule has 0 aromatic heterocycles. The van der Waals surface area contributed by atoms with Crippen LogP contribution >= 0.6 is 0 Å². The number of esters is 2. The van der Waals surface area contributed by atoms with Crippen LogP contribution in [0.15, 0.2) is 60.7 Å². The standard InChI is InChI=1S/C27H34N2O7/c1-27(2,3)36-26(33)29-21(15-16-23(30)35-18-20-13-9-6-10-14-20)24(31)28-22(25(32)34-4)17-19-11-7-5-8-12-19/h5-14,21-22H,15-18H2,1-4H3,(H,28,31)(H,29,33)/t21-,22?/m0/s1. The van der Waals surface area contributed by atoms with Crippen molar-refractivity contribution in [3.63, 3.8) is 0 Å². The summed E-state index contributed by atoms with van der Waals surface area (Å²) in [6, 6.07) is 16.2. The summed E-state index contributed by atoms with van der Waals surface area (Å²) in [6.07, 6.45) is -0.824. The molecule has 2 aromatic carbocycles. The Kier molecular flexibility index (Phi) is 10.9. The van der Waals surface area contributed by atoms with E-state index in [1.54, 1.807) is 20.8 Å². The molecular formula is C27H34N2O7. The molecule has 0 spiro atoms. The van der Waals surface area contributed by atoms with Gasteiger partial charge in [0, 0.05) is 12.8 Å². The Morgan fingerprint density at radius 3 is 1.97 bits per heavy atom. The first-order valence-corrected chi connectivity index (χ1v) is 11.7. The van der Waals surface area contributed by atoms with Crippen molar-refractivity contribution in [2.75, 3.05) is 7.11 Å². The van der Waals surface area contributed by atoms with Gasteiger partial charge in [0.05, 0.1) is 7.11 Å². The molecule has 0 bridgehead atoms. The number of methoxy groups -OCH3 is 1. The van der Waals surface area contributed by atoms with Crippen LogP contribution in [-0.2, 0) is 41.6 Å². The van der Waals surface area contributed by atoms with Gasteiger partial charge in [-0.2, -0.15) is 0 Å². The fourth-order valence-corrected chi connectivity index (χ4v) is 3.25. The maximum atomic E-state index is 13.1. The first-order valence-electron chi connectivity index (χ1n) is 11.7. The second-order valence-corrected chi connectivity index (χ2v) is 9.16. The van der Waals surface area contributed by atoms with E-state index in [0.717, 1.165) is 11.1 Å². The number of benzene rings is 2. The molecule has 0 radical (unpaired) electrons. The topological polar surface area (TPSA) is 120 Å². The number of hydrogen-bond acceptors (Lipinski definition) is 7. The Hall–Kier alpha value is -3.88. The summed E-state index contributed by atoms with van der Waals surface area (Å²) in [4.78, 5) is 50.1. The highest BCUT2D eigenvalue weighted by Gasteiger charge is 2.29. The molecule has 2 amide bonds. The van der Waals surface area contributed by atoms with Crippen molar-refractivity contribution in [2.24, 2.45) is 0 Å². The molecule has 0 fully saturated rings. The molecule has 0 aliphatic heterocycles. The average Bonchev–Trinajstić information content (AvgIpc) is 2.84. The van der Waals surface area contributed by atoms with Gasteiger partial charge in [-0.05, 0) is 38.3 Å². The summed E-state index contributed by atoms with van der Waals surface area (Å²) >= 11 is 0. The Labute approximate surface area is 211 Å². The first kappa shape index (κ1) is 28.4. The summed E-state index contributed by atoms with van der Waals surface area (Å²) in [5, 5.41) is 5.13. The highest BCUT2D eigenvalue weighted by Crippen LogP contribution is 2.10. The normalized spacial score (nSPS) is 12.6. The number of rotatable bonds is 11. The summed E-state index contributed by atoms with van der Waals surface area (Å²) in [6.45, 7) is 5.17. The van der Waals surface area contributed by atoms with Crippen LogP contribution in [0.1, 0.15) is 44.7 Å². The molecule has 0 aliphatic carbocycles. The molecule has 2 atom stereocenters. The van der Waals surface area contributed by atoms with E-state index in [1.807, 2.05) is 60.7 Å². The van der Waals surface area contributed by atoms with Crippen molar-refractivity contribution < 1.29 is 33.4 Å². The predicted octanol–water partition coefficient (Wildman–Crippen LogP) is 3.30. The third-order valence-corrected chi connectivity index (χ3v) is 4.97. The van der Waals surface area contributed by atoms with E-state index in [0.29, 0.717) is 0 Å². The lowest BCUT2D eigenvalue weighted by molar-refractivity contribution is -0.146.